The number of fused-ring (bicyclic) bond motifs is 1. The van der Waals surface area contributed by atoms with E-state index in [-0.39, 0.29) is 29.7 Å². The molecule has 4 aromatic rings. The number of carbonyl (C=O) groups excluding carboxylic acids is 2. The van der Waals surface area contributed by atoms with Gasteiger partial charge in [0.15, 0.2) is 16.6 Å². The van der Waals surface area contributed by atoms with Gasteiger partial charge in [0.2, 0.25) is 5.91 Å². The topological polar surface area (TPSA) is 119 Å². The minimum absolute atomic E-state index is 0.0340. The normalized spacial score (nSPS) is 13.3. The number of thiophene rings is 1. The second-order valence-electron chi connectivity index (χ2n) is 10.0. The van der Waals surface area contributed by atoms with Crippen LogP contribution in [-0.4, -0.2) is 62.1 Å². The average Bonchev–Trinajstić information content (AvgIpc) is 3.64. The largest absolute Gasteiger partial charge is 0.493 e. The van der Waals surface area contributed by atoms with Crippen LogP contribution < -0.4 is 25.8 Å². The first kappa shape index (κ1) is 30.3. The first-order chi connectivity index (χ1) is 19.7. The summed E-state index contributed by atoms with van der Waals surface area (Å²) >= 11 is 3.18. The number of aromatic nitrogens is 1. The van der Waals surface area contributed by atoms with Crippen molar-refractivity contribution < 1.29 is 19.1 Å². The molecule has 0 radical (unpaired) electrons. The molecule has 4 rings (SSSR count). The van der Waals surface area contributed by atoms with Crippen molar-refractivity contribution in [2.24, 2.45) is 17.6 Å². The highest BCUT2D eigenvalue weighted by Crippen LogP contribution is 2.31. The van der Waals surface area contributed by atoms with Crippen molar-refractivity contribution in [1.82, 2.24) is 9.88 Å². The molecule has 3 unspecified atom stereocenters. The van der Waals surface area contributed by atoms with Gasteiger partial charge < -0.3 is 30.7 Å². The molecule has 0 spiro atoms. The lowest BCUT2D eigenvalue weighted by molar-refractivity contribution is -0.134. The molecule has 0 aliphatic rings. The van der Waals surface area contributed by atoms with Crippen molar-refractivity contribution >= 4 is 55.5 Å². The number of likely N-dealkylation sites (N-methyl/N-ethyl adjacent to an activating group) is 1. The van der Waals surface area contributed by atoms with Crippen LogP contribution in [-0.2, 0) is 11.2 Å². The lowest BCUT2D eigenvalue weighted by atomic mass is 9.88. The number of nitrogens with two attached hydrogens (primary N) is 1. The standard InChI is InChI=1S/C30H37N5O4S2/c1-18(15-22-7-6-14-40-22)27(31)19(2)29(37)35(3)13-12-32-30-34-23-10-8-20(16-26(23)41-30)28(36)33-21-9-11-24(38-4)25(17-21)39-5/h6-11,14,16-19,27H,12-13,15,31H2,1-5H3,(H,32,34)(H,33,36). The van der Waals surface area contributed by atoms with Gasteiger partial charge >= 0.3 is 0 Å². The Morgan fingerprint density at radius 1 is 1.07 bits per heavy atom. The number of hydrogen-bond acceptors (Lipinski definition) is 9. The number of hydrogen-bond donors (Lipinski definition) is 3. The summed E-state index contributed by atoms with van der Waals surface area (Å²) in [4.78, 5) is 33.6. The molecule has 0 fully saturated rings. The van der Waals surface area contributed by atoms with Gasteiger partial charge in [0, 0.05) is 48.4 Å². The monoisotopic (exact) mass is 595 g/mol. The highest BCUT2D eigenvalue weighted by atomic mass is 32.1. The van der Waals surface area contributed by atoms with E-state index in [4.69, 9.17) is 15.2 Å². The minimum atomic E-state index is -0.277. The number of methoxy groups -OCH3 is 2. The number of amides is 2. The van der Waals surface area contributed by atoms with Gasteiger partial charge in [-0.15, -0.1) is 11.3 Å². The molecule has 2 aromatic carbocycles. The van der Waals surface area contributed by atoms with Crippen molar-refractivity contribution in [3.05, 3.63) is 64.4 Å². The number of nitrogens with zero attached hydrogens (tertiary/aromatic N) is 2. The number of carbonyl (C=O) groups is 2. The van der Waals surface area contributed by atoms with Crippen LogP contribution in [0.25, 0.3) is 10.2 Å². The molecule has 0 bridgehead atoms. The van der Waals surface area contributed by atoms with Crippen LogP contribution in [0.1, 0.15) is 29.1 Å². The zero-order valence-electron chi connectivity index (χ0n) is 24.0. The minimum Gasteiger partial charge on any atom is -0.493 e. The van der Waals surface area contributed by atoms with E-state index in [1.807, 2.05) is 25.1 Å². The predicted octanol–water partition coefficient (Wildman–Crippen LogP) is 5.34. The number of anilines is 2. The smallest absolute Gasteiger partial charge is 0.255 e. The van der Waals surface area contributed by atoms with Gasteiger partial charge in [0.25, 0.3) is 5.91 Å². The van der Waals surface area contributed by atoms with Gasteiger partial charge in [-0.1, -0.05) is 31.3 Å². The SMILES string of the molecule is COc1ccc(NC(=O)c2ccc3nc(NCCN(C)C(=O)C(C)C(N)C(C)Cc4cccs4)sc3c2)cc1OC. The Bertz CT molecular complexity index is 1470. The maximum atomic E-state index is 13.0. The van der Waals surface area contributed by atoms with Crippen molar-refractivity contribution in [3.8, 4) is 11.5 Å². The van der Waals surface area contributed by atoms with Gasteiger partial charge in [-0.2, -0.15) is 0 Å². The second-order valence-corrected chi connectivity index (χ2v) is 12.1. The Hall–Kier alpha value is -3.67. The van der Waals surface area contributed by atoms with E-state index in [1.54, 1.807) is 61.8 Å². The molecule has 3 atom stereocenters. The molecule has 0 saturated carbocycles. The lowest BCUT2D eigenvalue weighted by Crippen LogP contribution is -2.45. The molecule has 0 saturated heterocycles. The number of benzene rings is 2. The highest BCUT2D eigenvalue weighted by molar-refractivity contribution is 7.22. The Labute approximate surface area is 248 Å². The van der Waals surface area contributed by atoms with Gasteiger partial charge in [0.1, 0.15) is 0 Å². The third-order valence-electron chi connectivity index (χ3n) is 7.12. The molecule has 9 nitrogen and oxygen atoms in total. The Morgan fingerprint density at radius 2 is 1.85 bits per heavy atom. The first-order valence-corrected chi connectivity index (χ1v) is 15.1. The molecule has 2 aromatic heterocycles. The molecule has 2 amide bonds. The van der Waals surface area contributed by atoms with Crippen molar-refractivity contribution in [2.45, 2.75) is 26.3 Å². The number of rotatable bonds is 13. The van der Waals surface area contributed by atoms with E-state index in [0.717, 1.165) is 21.8 Å². The van der Waals surface area contributed by atoms with E-state index in [2.05, 4.69) is 34.0 Å². The average molecular weight is 596 g/mol. The maximum absolute atomic E-state index is 13.0. The Balaban J connectivity index is 1.30. The summed E-state index contributed by atoms with van der Waals surface area (Å²) in [7, 11) is 4.92. The number of ether oxygens (including phenoxy) is 2. The zero-order valence-corrected chi connectivity index (χ0v) is 25.6. The molecule has 2 heterocycles. The maximum Gasteiger partial charge on any atom is 0.255 e. The zero-order chi connectivity index (χ0) is 29.5. The summed E-state index contributed by atoms with van der Waals surface area (Å²) in [5, 5.41) is 9.00. The van der Waals surface area contributed by atoms with Crippen LogP contribution in [0, 0.1) is 11.8 Å². The van der Waals surface area contributed by atoms with Crippen LogP contribution in [0.5, 0.6) is 11.5 Å². The third kappa shape index (κ3) is 7.55. The van der Waals surface area contributed by atoms with Crippen molar-refractivity contribution in [1.29, 1.82) is 0 Å². The van der Waals surface area contributed by atoms with Crippen LogP contribution in [0.15, 0.2) is 53.9 Å². The Morgan fingerprint density at radius 3 is 2.56 bits per heavy atom. The lowest BCUT2D eigenvalue weighted by Gasteiger charge is -2.28. The van der Waals surface area contributed by atoms with Gasteiger partial charge in [-0.3, -0.25) is 9.59 Å². The summed E-state index contributed by atoms with van der Waals surface area (Å²) in [6, 6.07) is 14.5. The predicted molar refractivity (Wildman–Crippen MR) is 168 cm³/mol. The van der Waals surface area contributed by atoms with Gasteiger partial charge in [-0.25, -0.2) is 4.98 Å². The molecule has 0 aliphatic heterocycles. The summed E-state index contributed by atoms with van der Waals surface area (Å²) < 4.78 is 11.5. The van der Waals surface area contributed by atoms with Gasteiger partial charge in [0.05, 0.1) is 30.4 Å². The first-order valence-electron chi connectivity index (χ1n) is 13.4. The fourth-order valence-electron chi connectivity index (χ4n) is 4.59. The Kier molecular flexibility index (Phi) is 10.2. The van der Waals surface area contributed by atoms with Crippen LogP contribution >= 0.6 is 22.7 Å². The van der Waals surface area contributed by atoms with Crippen molar-refractivity contribution in [3.63, 3.8) is 0 Å². The molecule has 41 heavy (non-hydrogen) atoms. The molecule has 0 aliphatic carbocycles. The third-order valence-corrected chi connectivity index (χ3v) is 8.99. The fourth-order valence-corrected chi connectivity index (χ4v) is 6.37. The quantitative estimate of drug-likeness (QED) is 0.191. The molecule has 218 valence electrons. The fraction of sp³-hybridized carbons (Fsp3) is 0.367. The summed E-state index contributed by atoms with van der Waals surface area (Å²) in [5.41, 5.74) is 8.39. The molecule has 4 N–H and O–H groups in total. The molecule has 11 heteroatoms. The molecular weight excluding hydrogens is 558 g/mol. The van der Waals surface area contributed by atoms with Crippen LogP contribution in [0.3, 0.4) is 0 Å². The summed E-state index contributed by atoms with van der Waals surface area (Å²) in [5.74, 6) is 0.844. The van der Waals surface area contributed by atoms with Crippen LogP contribution in [0.4, 0.5) is 10.8 Å². The van der Waals surface area contributed by atoms with Gasteiger partial charge in [-0.05, 0) is 54.1 Å². The summed E-state index contributed by atoms with van der Waals surface area (Å²) in [6.07, 6.45) is 0.874. The van der Waals surface area contributed by atoms with E-state index in [1.165, 1.54) is 16.2 Å². The number of nitrogens with one attached hydrogen (secondary N) is 2. The van der Waals surface area contributed by atoms with Crippen LogP contribution in [0.2, 0.25) is 0 Å². The van der Waals surface area contributed by atoms with E-state index >= 15 is 0 Å². The summed E-state index contributed by atoms with van der Waals surface area (Å²) in [6.45, 7) is 5.08. The molecular formula is C30H37N5O4S2. The van der Waals surface area contributed by atoms with E-state index in [0.29, 0.717) is 35.8 Å². The van der Waals surface area contributed by atoms with E-state index < -0.39 is 0 Å². The van der Waals surface area contributed by atoms with Crippen molar-refractivity contribution in [2.75, 3.05) is 45.0 Å². The number of thiazole rings is 1. The second kappa shape index (κ2) is 13.8. The highest BCUT2D eigenvalue weighted by Gasteiger charge is 2.28. The van der Waals surface area contributed by atoms with E-state index in [9.17, 15) is 9.59 Å².